The predicted octanol–water partition coefficient (Wildman–Crippen LogP) is -0.296. The minimum atomic E-state index is -1.30. The number of rotatable bonds is 1. The van der Waals surface area contributed by atoms with Gasteiger partial charge in [-0.05, 0) is 6.42 Å². The van der Waals surface area contributed by atoms with Crippen LogP contribution in [0.2, 0.25) is 0 Å². The van der Waals surface area contributed by atoms with E-state index in [0.717, 1.165) is 0 Å². The second kappa shape index (κ2) is 7.22. The molecule has 1 radical (unpaired) electrons. The maximum absolute atomic E-state index is 9.32. The number of nitrogens with one attached hydrogen (secondary N) is 1. The molecule has 1 rings (SSSR count). The molecule has 5 atom stereocenters. The monoisotopic (exact) mass is 280 g/mol. The van der Waals surface area contributed by atoms with Gasteiger partial charge in [-0.25, -0.2) is 0 Å². The Labute approximate surface area is 110 Å². The van der Waals surface area contributed by atoms with Crippen molar-refractivity contribution in [1.29, 1.82) is 0 Å². The summed E-state index contributed by atoms with van der Waals surface area (Å²) in [5.41, 5.74) is 7.19. The zero-order chi connectivity index (χ0) is 9.30. The second-order valence-corrected chi connectivity index (χ2v) is 2.98. The fourth-order valence-corrected chi connectivity index (χ4v) is 1.28. The molecule has 0 bridgehead atoms. The standard InChI is InChI=1S/C7H14NO4.CH3.Y/c1-2-3-5(9)6(10)4(8)7(11)12-3;;/h3-11H,2H2,1H3;1H3;/q2*-1;. The van der Waals surface area contributed by atoms with Gasteiger partial charge < -0.3 is 33.2 Å². The van der Waals surface area contributed by atoms with Crippen molar-refractivity contribution in [3.05, 3.63) is 13.2 Å². The molecule has 5 unspecified atom stereocenters. The van der Waals surface area contributed by atoms with Crippen LogP contribution in [-0.4, -0.2) is 46.0 Å². The first kappa shape index (κ1) is 17.3. The summed E-state index contributed by atoms with van der Waals surface area (Å²) in [5, 5.41) is 27.6. The largest absolute Gasteiger partial charge is 0.668 e. The number of ether oxygens (including phenoxy) is 1. The Balaban J connectivity index is 0. The number of aliphatic hydroxyl groups excluding tert-OH is 3. The van der Waals surface area contributed by atoms with Gasteiger partial charge in [0.25, 0.3) is 0 Å². The molecule has 0 aromatic rings. The van der Waals surface area contributed by atoms with E-state index in [1.807, 2.05) is 0 Å². The molecule has 0 aromatic heterocycles. The van der Waals surface area contributed by atoms with Crippen molar-refractivity contribution in [2.75, 3.05) is 0 Å². The third kappa shape index (κ3) is 3.49. The van der Waals surface area contributed by atoms with E-state index in [1.165, 1.54) is 0 Å². The van der Waals surface area contributed by atoms with E-state index in [4.69, 9.17) is 15.6 Å². The van der Waals surface area contributed by atoms with Crippen molar-refractivity contribution in [2.24, 2.45) is 0 Å². The molecule has 0 aromatic carbocycles. The minimum Gasteiger partial charge on any atom is -0.668 e. The zero-order valence-electron chi connectivity index (χ0n) is 8.42. The van der Waals surface area contributed by atoms with E-state index in [0.29, 0.717) is 6.42 Å². The Bertz CT molecular complexity index is 156. The molecule has 4 N–H and O–H groups in total. The van der Waals surface area contributed by atoms with Gasteiger partial charge in [0.15, 0.2) is 0 Å². The third-order valence-electron chi connectivity index (χ3n) is 2.12. The van der Waals surface area contributed by atoms with Gasteiger partial charge >= 0.3 is 0 Å². The van der Waals surface area contributed by atoms with Gasteiger partial charge in [0.2, 0.25) is 0 Å². The summed E-state index contributed by atoms with van der Waals surface area (Å²) >= 11 is 0. The molecule has 6 heteroatoms. The Morgan fingerprint density at radius 1 is 1.21 bits per heavy atom. The van der Waals surface area contributed by atoms with Gasteiger partial charge in [0, 0.05) is 32.7 Å². The van der Waals surface area contributed by atoms with E-state index in [-0.39, 0.29) is 40.1 Å². The van der Waals surface area contributed by atoms with Crippen LogP contribution in [0.3, 0.4) is 0 Å². The average Bonchev–Trinajstić information content (AvgIpc) is 2.08. The summed E-state index contributed by atoms with van der Waals surface area (Å²) in [6, 6.07) is -1.18. The van der Waals surface area contributed by atoms with Crippen LogP contribution in [0.1, 0.15) is 13.3 Å². The van der Waals surface area contributed by atoms with Crippen LogP contribution in [0.25, 0.3) is 5.73 Å². The van der Waals surface area contributed by atoms with E-state index < -0.39 is 30.6 Å². The van der Waals surface area contributed by atoms with Gasteiger partial charge in [0.1, 0.15) is 12.4 Å². The molecule has 1 aliphatic rings. The van der Waals surface area contributed by atoms with Gasteiger partial charge in [-0.1, -0.05) is 13.0 Å². The first-order valence-corrected chi connectivity index (χ1v) is 3.98. The topological polar surface area (TPSA) is 93.7 Å². The van der Waals surface area contributed by atoms with E-state index in [1.54, 1.807) is 6.92 Å². The molecule has 0 spiro atoms. The number of aliphatic hydroxyl groups is 3. The van der Waals surface area contributed by atoms with Crippen LogP contribution < -0.4 is 0 Å². The van der Waals surface area contributed by atoms with Gasteiger partial charge in [-0.3, -0.25) is 0 Å². The van der Waals surface area contributed by atoms with Gasteiger partial charge in [0.05, 0.1) is 12.2 Å². The van der Waals surface area contributed by atoms with Crippen molar-refractivity contribution in [1.82, 2.24) is 0 Å². The van der Waals surface area contributed by atoms with Crippen molar-refractivity contribution < 1.29 is 52.8 Å². The second-order valence-electron chi connectivity index (χ2n) is 2.98. The fourth-order valence-electron chi connectivity index (χ4n) is 1.28. The Morgan fingerprint density at radius 3 is 2.14 bits per heavy atom. The Morgan fingerprint density at radius 2 is 1.71 bits per heavy atom. The summed E-state index contributed by atoms with van der Waals surface area (Å²) in [5.74, 6) is 0. The number of hydrogen-bond donors (Lipinski definition) is 3. The molecule has 14 heavy (non-hydrogen) atoms. The van der Waals surface area contributed by atoms with Crippen LogP contribution >= 0.6 is 0 Å². The number of hydrogen-bond acceptors (Lipinski definition) is 4. The van der Waals surface area contributed by atoms with Crippen molar-refractivity contribution in [3.63, 3.8) is 0 Å². The molecule has 0 aliphatic carbocycles. The third-order valence-corrected chi connectivity index (χ3v) is 2.12. The van der Waals surface area contributed by atoms with Gasteiger partial charge in [-0.15, -0.1) is 0 Å². The Hall–Kier alpha value is 0.904. The van der Waals surface area contributed by atoms with Crippen LogP contribution in [0.5, 0.6) is 0 Å². The molecule has 1 heterocycles. The maximum atomic E-state index is 9.32. The summed E-state index contributed by atoms with van der Waals surface area (Å²) in [4.78, 5) is 0. The molecule has 5 nitrogen and oxygen atoms in total. The fraction of sp³-hybridized carbons (Fsp3) is 0.875. The smallest absolute Gasteiger partial charge is 0.141 e. The normalized spacial score (nSPS) is 42.2. The molecular weight excluding hydrogens is 263 g/mol. The van der Waals surface area contributed by atoms with Crippen LogP contribution in [0.15, 0.2) is 0 Å². The molecule has 83 valence electrons. The molecule has 0 saturated carbocycles. The first-order chi connectivity index (χ1) is 5.57. The predicted molar refractivity (Wildman–Crippen MR) is 47.7 cm³/mol. The van der Waals surface area contributed by atoms with Crippen LogP contribution in [0, 0.1) is 7.43 Å². The van der Waals surface area contributed by atoms with Gasteiger partial charge in [-0.2, -0.15) is 0 Å². The maximum Gasteiger partial charge on any atom is 0.141 e. The van der Waals surface area contributed by atoms with Crippen molar-refractivity contribution in [2.45, 2.75) is 44.0 Å². The molecule has 1 fully saturated rings. The van der Waals surface area contributed by atoms with Crippen molar-refractivity contribution in [3.8, 4) is 0 Å². The van der Waals surface area contributed by atoms with E-state index in [2.05, 4.69) is 0 Å². The SMILES string of the molecule is CCC1OC(O)C([NH-])C(O)C1O.[CH3-].[Y]. The quantitative estimate of drug-likeness (QED) is 0.575. The molecule has 1 saturated heterocycles. The average molecular weight is 280 g/mol. The van der Waals surface area contributed by atoms with Crippen LogP contribution in [0.4, 0.5) is 0 Å². The molecular formula is C8H17NO4Y-2. The van der Waals surface area contributed by atoms with E-state index >= 15 is 0 Å². The first-order valence-electron chi connectivity index (χ1n) is 3.98. The minimum absolute atomic E-state index is 0. The molecule has 0 amide bonds. The van der Waals surface area contributed by atoms with Crippen LogP contribution in [-0.2, 0) is 37.4 Å². The summed E-state index contributed by atoms with van der Waals surface area (Å²) in [6.07, 6.45) is -3.66. The van der Waals surface area contributed by atoms with Crippen molar-refractivity contribution >= 4 is 0 Å². The summed E-state index contributed by atoms with van der Waals surface area (Å²) in [6.45, 7) is 1.78. The molecule has 1 aliphatic heterocycles. The summed E-state index contributed by atoms with van der Waals surface area (Å²) in [7, 11) is 0. The Kier molecular flexibility index (Phi) is 8.93. The zero-order valence-corrected chi connectivity index (χ0v) is 11.3. The van der Waals surface area contributed by atoms with E-state index in [9.17, 15) is 10.2 Å². The summed E-state index contributed by atoms with van der Waals surface area (Å²) < 4.78 is 4.89.